The number of carbonyl (C=O) groups is 1. The molecular weight excluding hydrogens is 567 g/mol. The van der Waals surface area contributed by atoms with E-state index in [1.165, 1.54) is 54.6 Å². The molecule has 1 aliphatic rings. The number of rotatable bonds is 8. The van der Waals surface area contributed by atoms with Gasteiger partial charge in [-0.1, -0.05) is 35.9 Å². The van der Waals surface area contributed by atoms with Crippen LogP contribution in [0.2, 0.25) is 0 Å². The molecule has 3 N–H and O–H groups in total. The molecule has 0 saturated carbocycles. The molecule has 12 heteroatoms. The molecule has 0 bridgehead atoms. The number of fused-ring (bicyclic) bond motifs is 1. The van der Waals surface area contributed by atoms with Gasteiger partial charge in [-0.2, -0.15) is 13.2 Å². The molecule has 3 aromatic carbocycles. The van der Waals surface area contributed by atoms with Crippen molar-refractivity contribution in [1.82, 2.24) is 0 Å². The van der Waals surface area contributed by atoms with Crippen LogP contribution >= 0.6 is 0 Å². The number of allylic oxidation sites excluding steroid dienone is 2. The second kappa shape index (κ2) is 10.9. The summed E-state index contributed by atoms with van der Waals surface area (Å²) in [4.78, 5) is 25.8. The number of aromatic hydroxyl groups is 2. The highest BCUT2D eigenvalue weighted by Crippen LogP contribution is 2.52. The summed E-state index contributed by atoms with van der Waals surface area (Å²) < 4.78 is 51.0. The van der Waals surface area contributed by atoms with Crippen molar-refractivity contribution in [2.24, 2.45) is 10.2 Å². The van der Waals surface area contributed by atoms with Crippen molar-refractivity contribution >= 4 is 22.6 Å². The fourth-order valence-electron chi connectivity index (χ4n) is 4.46. The van der Waals surface area contributed by atoms with Crippen LogP contribution in [0.3, 0.4) is 0 Å². The van der Waals surface area contributed by atoms with E-state index in [9.17, 15) is 33.0 Å². The monoisotopic (exact) mass is 593 g/mol. The molecule has 4 aromatic rings. The predicted octanol–water partition coefficient (Wildman–Crippen LogP) is 7.03. The number of phenols is 1. The molecule has 0 radical (unpaired) electrons. The number of aryl methyl sites for hydroxylation is 1. The highest BCUT2D eigenvalue weighted by molar-refractivity contribution is 6.06. The van der Waals surface area contributed by atoms with Crippen molar-refractivity contribution in [2.45, 2.75) is 45.6 Å². The highest BCUT2D eigenvalue weighted by Gasteiger charge is 2.65. The van der Waals surface area contributed by atoms with Crippen molar-refractivity contribution in [3.8, 4) is 17.2 Å². The number of phenolic OH excluding ortho intramolecular Hbond substituents is 1. The Balaban J connectivity index is 1.34. The quantitative estimate of drug-likeness (QED) is 0.148. The third kappa shape index (κ3) is 5.68. The van der Waals surface area contributed by atoms with Crippen molar-refractivity contribution in [1.29, 1.82) is 0 Å². The summed E-state index contributed by atoms with van der Waals surface area (Å²) >= 11 is 0. The van der Waals surface area contributed by atoms with Crippen LogP contribution in [0.15, 0.2) is 85.7 Å². The van der Waals surface area contributed by atoms with Crippen molar-refractivity contribution < 1.29 is 37.3 Å². The summed E-state index contributed by atoms with van der Waals surface area (Å²) in [6.45, 7) is 5.42. The Kier molecular flexibility index (Phi) is 7.47. The minimum Gasteiger partial charge on any atom is -0.508 e. The number of anilines is 1. The highest BCUT2D eigenvalue weighted by atomic mass is 19.4. The number of alkyl halides is 3. The summed E-state index contributed by atoms with van der Waals surface area (Å²) in [6, 6.07) is 12.8. The number of ether oxygens (including phenoxy) is 1. The van der Waals surface area contributed by atoms with E-state index in [-0.39, 0.29) is 34.5 Å². The van der Waals surface area contributed by atoms with Gasteiger partial charge in [-0.15, -0.1) is 10.2 Å². The molecule has 2 heterocycles. The minimum absolute atomic E-state index is 0.00742. The molecule has 0 fully saturated rings. The fraction of sp³-hybridized carbons (Fsp3) is 0.226. The van der Waals surface area contributed by atoms with E-state index < -0.39 is 34.8 Å². The van der Waals surface area contributed by atoms with E-state index in [4.69, 9.17) is 9.15 Å². The van der Waals surface area contributed by atoms with E-state index in [1.807, 2.05) is 19.9 Å². The largest absolute Gasteiger partial charge is 0.508 e. The van der Waals surface area contributed by atoms with Gasteiger partial charge in [0.1, 0.15) is 23.7 Å². The maximum absolute atomic E-state index is 13.2. The molecule has 5 rings (SSSR count). The van der Waals surface area contributed by atoms with Gasteiger partial charge in [0.15, 0.2) is 11.4 Å². The van der Waals surface area contributed by atoms with Gasteiger partial charge in [-0.05, 0) is 68.7 Å². The normalized spacial score (nSPS) is 13.5. The van der Waals surface area contributed by atoms with Crippen LogP contribution in [0.25, 0.3) is 11.0 Å². The fourth-order valence-corrected chi connectivity index (χ4v) is 4.46. The maximum atomic E-state index is 13.2. The van der Waals surface area contributed by atoms with Crippen molar-refractivity contribution in [3.05, 3.63) is 104 Å². The number of carbonyl (C=O) groups excluding carboxylic acids is 1. The number of benzene rings is 3. The van der Waals surface area contributed by atoms with Gasteiger partial charge in [0.2, 0.25) is 0 Å². The van der Waals surface area contributed by atoms with Gasteiger partial charge in [-0.25, -0.2) is 4.79 Å². The lowest BCUT2D eigenvalue weighted by Gasteiger charge is -2.15. The van der Waals surface area contributed by atoms with E-state index in [0.29, 0.717) is 28.9 Å². The first kappa shape index (κ1) is 29.4. The molecular formula is C31H26F3N3O6. The maximum Gasteiger partial charge on any atom is 0.442 e. The first-order chi connectivity index (χ1) is 20.3. The van der Waals surface area contributed by atoms with Crippen LogP contribution in [0.4, 0.5) is 18.9 Å². The zero-order valence-corrected chi connectivity index (χ0v) is 23.2. The van der Waals surface area contributed by atoms with E-state index in [2.05, 4.69) is 15.5 Å². The van der Waals surface area contributed by atoms with Crippen molar-refractivity contribution in [3.63, 3.8) is 0 Å². The van der Waals surface area contributed by atoms with E-state index in [1.54, 1.807) is 6.92 Å². The number of hydrogen-bond donors (Lipinski definition) is 3. The smallest absolute Gasteiger partial charge is 0.442 e. The second-order valence-corrected chi connectivity index (χ2v) is 10.3. The number of halogens is 3. The third-order valence-corrected chi connectivity index (χ3v) is 7.00. The van der Waals surface area contributed by atoms with Crippen LogP contribution < -0.4 is 15.7 Å². The number of nitrogens with one attached hydrogen (secondary N) is 1. The summed E-state index contributed by atoms with van der Waals surface area (Å²) in [7, 11) is 0. The molecule has 0 saturated heterocycles. The van der Waals surface area contributed by atoms with E-state index >= 15 is 0 Å². The van der Waals surface area contributed by atoms with Crippen LogP contribution in [0.1, 0.15) is 46.5 Å². The van der Waals surface area contributed by atoms with Gasteiger partial charge in [0, 0.05) is 16.7 Å². The molecule has 1 amide bonds. The third-order valence-electron chi connectivity index (χ3n) is 7.00. The molecule has 0 atom stereocenters. The zero-order valence-electron chi connectivity index (χ0n) is 23.2. The van der Waals surface area contributed by atoms with Crippen LogP contribution in [0, 0.1) is 6.92 Å². The Morgan fingerprint density at radius 3 is 2.40 bits per heavy atom. The van der Waals surface area contributed by atoms with Gasteiger partial charge < -0.3 is 24.7 Å². The molecule has 9 nitrogen and oxygen atoms in total. The standard InChI is InChI=1S/C31H26F3N3O6/c1-16(2)4-7-19-14-20(8-12-23(19)38)28(40)35-25-26(39)22-11-13-24(17(3)27(22)43-29(25)41)42-15-18-5-9-21(10-6-18)30(36-37-30)31(32,33)34/h4-6,8-14,38-39H,7,15H2,1-3H3,(H,35,40). The average molecular weight is 594 g/mol. The number of hydrogen-bond acceptors (Lipinski definition) is 8. The summed E-state index contributed by atoms with van der Waals surface area (Å²) in [5.74, 6) is -0.855. The molecule has 222 valence electrons. The van der Waals surface area contributed by atoms with Crippen LogP contribution in [-0.4, -0.2) is 22.3 Å². The summed E-state index contributed by atoms with van der Waals surface area (Å²) in [6.07, 6.45) is -2.32. The average Bonchev–Trinajstić information content (AvgIpc) is 3.78. The minimum atomic E-state index is -4.62. The Bertz CT molecular complexity index is 1850. The van der Waals surface area contributed by atoms with Gasteiger partial charge >= 0.3 is 17.5 Å². The Hall–Kier alpha value is -5.13. The molecule has 0 unspecified atom stereocenters. The molecule has 1 aromatic heterocycles. The molecule has 0 spiro atoms. The predicted molar refractivity (Wildman–Crippen MR) is 151 cm³/mol. The summed E-state index contributed by atoms with van der Waals surface area (Å²) in [5.41, 5.74) is -1.34. The van der Waals surface area contributed by atoms with Gasteiger partial charge in [0.05, 0.1) is 5.39 Å². The lowest BCUT2D eigenvalue weighted by molar-refractivity contribution is -0.166. The van der Waals surface area contributed by atoms with Gasteiger partial charge in [-0.3, -0.25) is 4.79 Å². The van der Waals surface area contributed by atoms with Gasteiger partial charge in [0.25, 0.3) is 5.91 Å². The Morgan fingerprint density at radius 1 is 1.07 bits per heavy atom. The van der Waals surface area contributed by atoms with Crippen molar-refractivity contribution in [2.75, 3.05) is 5.32 Å². The molecule has 43 heavy (non-hydrogen) atoms. The lowest BCUT2D eigenvalue weighted by Crippen LogP contribution is -2.30. The Labute approximate surface area is 243 Å². The lowest BCUT2D eigenvalue weighted by atomic mass is 10.0. The molecule has 1 aliphatic heterocycles. The zero-order chi connectivity index (χ0) is 31.1. The SMILES string of the molecule is CC(C)=CCc1cc(C(=O)Nc2c(O)c3ccc(OCc4ccc(C5(C(F)(F)F)N=N5)cc4)c(C)c3oc2=O)ccc1O. The Morgan fingerprint density at radius 2 is 1.77 bits per heavy atom. The van der Waals surface area contributed by atoms with Crippen LogP contribution in [-0.2, 0) is 18.7 Å². The molecule has 0 aliphatic carbocycles. The first-order valence-electron chi connectivity index (χ1n) is 13.1. The topological polar surface area (TPSA) is 134 Å². The number of amides is 1. The second-order valence-electron chi connectivity index (χ2n) is 10.3. The number of nitrogens with zero attached hydrogens (tertiary/aromatic N) is 2. The van der Waals surface area contributed by atoms with E-state index in [0.717, 1.165) is 5.57 Å². The first-order valence-corrected chi connectivity index (χ1v) is 13.1. The van der Waals surface area contributed by atoms with Crippen LogP contribution in [0.5, 0.6) is 17.2 Å². The summed E-state index contributed by atoms with van der Waals surface area (Å²) in [5, 5.41) is 29.9.